The number of benzene rings is 2. The zero-order valence-corrected chi connectivity index (χ0v) is 14.5. The molecule has 0 radical (unpaired) electrons. The van der Waals surface area contributed by atoms with Crippen molar-refractivity contribution < 1.29 is 14.0 Å². The lowest BCUT2D eigenvalue weighted by Crippen LogP contribution is -2.27. The third-order valence-corrected chi connectivity index (χ3v) is 5.17. The molecule has 0 atom stereocenters. The summed E-state index contributed by atoms with van der Waals surface area (Å²) in [5.74, 6) is -0.942. The van der Waals surface area contributed by atoms with Crippen LogP contribution in [0, 0.1) is 5.82 Å². The van der Waals surface area contributed by atoms with Crippen LogP contribution >= 0.6 is 35.0 Å². The lowest BCUT2D eigenvalue weighted by atomic mass is 10.2. The Kier molecular flexibility index (Phi) is 4.94. The predicted molar refractivity (Wildman–Crippen MR) is 94.4 cm³/mol. The Labute approximate surface area is 152 Å². The molecule has 0 aliphatic carbocycles. The predicted octanol–water partition coefficient (Wildman–Crippen LogP) is 5.37. The van der Waals surface area contributed by atoms with E-state index in [1.165, 1.54) is 18.2 Å². The molecule has 0 N–H and O–H groups in total. The molecule has 1 aliphatic rings. The molecule has 122 valence electrons. The number of hydrogen-bond donors (Lipinski definition) is 0. The van der Waals surface area contributed by atoms with E-state index in [9.17, 15) is 14.0 Å². The van der Waals surface area contributed by atoms with Crippen LogP contribution in [-0.4, -0.2) is 16.0 Å². The smallest absolute Gasteiger partial charge is 0.268 e. The van der Waals surface area contributed by atoms with Crippen LogP contribution in [0.1, 0.15) is 11.1 Å². The third-order valence-electron chi connectivity index (χ3n) is 3.43. The molecule has 1 aliphatic heterocycles. The fourth-order valence-electron chi connectivity index (χ4n) is 2.21. The van der Waals surface area contributed by atoms with Gasteiger partial charge in [-0.15, -0.1) is 0 Å². The second kappa shape index (κ2) is 6.97. The number of carbonyl (C=O) groups excluding carboxylic acids is 2. The van der Waals surface area contributed by atoms with E-state index in [-0.39, 0.29) is 17.0 Å². The molecule has 3 nitrogen and oxygen atoms in total. The maximum atomic E-state index is 13.7. The van der Waals surface area contributed by atoms with Crippen molar-refractivity contribution in [3.63, 3.8) is 0 Å². The first-order valence-corrected chi connectivity index (χ1v) is 8.47. The first kappa shape index (κ1) is 17.0. The molecule has 1 saturated heterocycles. The van der Waals surface area contributed by atoms with E-state index in [0.29, 0.717) is 15.6 Å². The lowest BCUT2D eigenvalue weighted by Gasteiger charge is -2.12. The second-order valence-corrected chi connectivity index (χ2v) is 6.78. The fourth-order valence-corrected chi connectivity index (χ4v) is 3.40. The number of nitrogens with zero attached hydrogens (tertiary/aromatic N) is 1. The number of hydrogen-bond acceptors (Lipinski definition) is 3. The van der Waals surface area contributed by atoms with Crippen molar-refractivity contribution in [2.45, 2.75) is 6.54 Å². The van der Waals surface area contributed by atoms with Gasteiger partial charge in [-0.2, -0.15) is 0 Å². The molecule has 24 heavy (non-hydrogen) atoms. The van der Waals surface area contributed by atoms with E-state index in [0.717, 1.165) is 16.7 Å². The lowest BCUT2D eigenvalue weighted by molar-refractivity contribution is -0.123. The van der Waals surface area contributed by atoms with Crippen molar-refractivity contribution in [2.24, 2.45) is 0 Å². The Morgan fingerprint density at radius 2 is 1.83 bits per heavy atom. The molecule has 2 aromatic carbocycles. The van der Waals surface area contributed by atoms with Crippen LogP contribution in [0.3, 0.4) is 0 Å². The second-order valence-electron chi connectivity index (χ2n) is 5.00. The van der Waals surface area contributed by atoms with Crippen LogP contribution in [0.4, 0.5) is 9.18 Å². The van der Waals surface area contributed by atoms with Gasteiger partial charge in [-0.1, -0.05) is 53.5 Å². The molecular formula is C17H10Cl2FNO2S. The van der Waals surface area contributed by atoms with Crippen LogP contribution in [-0.2, 0) is 11.3 Å². The topological polar surface area (TPSA) is 37.4 Å². The monoisotopic (exact) mass is 381 g/mol. The Morgan fingerprint density at radius 1 is 1.08 bits per heavy atom. The van der Waals surface area contributed by atoms with Crippen molar-refractivity contribution in [3.8, 4) is 0 Å². The average Bonchev–Trinajstić information content (AvgIpc) is 2.81. The van der Waals surface area contributed by atoms with E-state index < -0.39 is 17.0 Å². The molecule has 0 saturated carbocycles. The normalized spacial score (nSPS) is 16.3. The van der Waals surface area contributed by atoms with Crippen LogP contribution in [0.5, 0.6) is 0 Å². The van der Waals surface area contributed by atoms with E-state index in [2.05, 4.69) is 0 Å². The summed E-state index contributed by atoms with van der Waals surface area (Å²) in [4.78, 5) is 25.8. The zero-order chi connectivity index (χ0) is 17.3. The average molecular weight is 382 g/mol. The molecule has 3 rings (SSSR count). The summed E-state index contributed by atoms with van der Waals surface area (Å²) in [7, 11) is 0. The molecule has 0 unspecified atom stereocenters. The van der Waals surface area contributed by atoms with Crippen molar-refractivity contribution in [1.82, 2.24) is 4.90 Å². The number of carbonyl (C=O) groups is 2. The van der Waals surface area contributed by atoms with Gasteiger partial charge in [-0.3, -0.25) is 14.5 Å². The summed E-state index contributed by atoms with van der Waals surface area (Å²) in [6.07, 6.45) is 1.51. The van der Waals surface area contributed by atoms with Crippen molar-refractivity contribution >= 4 is 52.2 Å². The van der Waals surface area contributed by atoms with E-state index in [1.54, 1.807) is 30.3 Å². The fraction of sp³-hybridized carbons (Fsp3) is 0.0588. The first-order valence-electron chi connectivity index (χ1n) is 6.90. The molecule has 0 aromatic heterocycles. The molecular weight excluding hydrogens is 372 g/mol. The van der Waals surface area contributed by atoms with Gasteiger partial charge >= 0.3 is 0 Å². The van der Waals surface area contributed by atoms with Crippen LogP contribution in [0.25, 0.3) is 6.08 Å². The summed E-state index contributed by atoms with van der Waals surface area (Å²) in [5.41, 5.74) is 0.822. The Hall–Kier alpha value is -1.82. The molecule has 2 amide bonds. The van der Waals surface area contributed by atoms with Gasteiger partial charge in [-0.25, -0.2) is 4.39 Å². The standard InChI is InChI=1S/C17H10Cl2FNO2S/c18-12-6-3-5-10(15(12)19)8-14-16(22)21(17(23)24-14)9-11-4-1-2-7-13(11)20/h1-8H,9H2/b14-8-. The molecule has 0 spiro atoms. The van der Waals surface area contributed by atoms with Crippen LogP contribution < -0.4 is 0 Å². The largest absolute Gasteiger partial charge is 0.293 e. The Balaban J connectivity index is 1.88. The quantitative estimate of drug-likeness (QED) is 0.670. The van der Waals surface area contributed by atoms with Gasteiger partial charge in [0.05, 0.1) is 21.5 Å². The number of amides is 2. The maximum absolute atomic E-state index is 13.7. The van der Waals surface area contributed by atoms with Gasteiger partial charge in [0.25, 0.3) is 11.1 Å². The van der Waals surface area contributed by atoms with E-state index in [1.807, 2.05) is 0 Å². The Bertz CT molecular complexity index is 869. The zero-order valence-electron chi connectivity index (χ0n) is 12.1. The van der Waals surface area contributed by atoms with Gasteiger partial charge in [0.15, 0.2) is 0 Å². The molecule has 7 heteroatoms. The van der Waals surface area contributed by atoms with Gasteiger partial charge in [-0.05, 0) is 35.5 Å². The van der Waals surface area contributed by atoms with Crippen LogP contribution in [0.15, 0.2) is 47.4 Å². The summed E-state index contributed by atoms with van der Waals surface area (Å²) in [5, 5.41) is 0.212. The van der Waals surface area contributed by atoms with E-state index in [4.69, 9.17) is 23.2 Å². The number of rotatable bonds is 3. The summed E-state index contributed by atoms with van der Waals surface area (Å²) in [6.45, 7) is -0.113. The van der Waals surface area contributed by atoms with Crippen LogP contribution in [0.2, 0.25) is 10.0 Å². The minimum atomic E-state index is -0.482. The van der Waals surface area contributed by atoms with Crippen molar-refractivity contribution in [3.05, 3.63) is 74.4 Å². The summed E-state index contributed by atoms with van der Waals surface area (Å²) >= 11 is 12.8. The highest BCUT2D eigenvalue weighted by Gasteiger charge is 2.35. The summed E-state index contributed by atoms with van der Waals surface area (Å²) < 4.78 is 13.7. The number of imide groups is 1. The highest BCUT2D eigenvalue weighted by molar-refractivity contribution is 8.18. The minimum Gasteiger partial charge on any atom is -0.268 e. The summed E-state index contributed by atoms with van der Waals surface area (Å²) in [6, 6.07) is 11.0. The van der Waals surface area contributed by atoms with Gasteiger partial charge in [0.1, 0.15) is 5.82 Å². The number of halogens is 3. The molecule has 2 aromatic rings. The molecule has 0 bridgehead atoms. The SMILES string of the molecule is O=C1S/C(=C\c2cccc(Cl)c2Cl)C(=O)N1Cc1ccccc1F. The van der Waals surface area contributed by atoms with Gasteiger partial charge in [0, 0.05) is 5.56 Å². The van der Waals surface area contributed by atoms with E-state index >= 15 is 0 Å². The van der Waals surface area contributed by atoms with Gasteiger partial charge in [0.2, 0.25) is 0 Å². The maximum Gasteiger partial charge on any atom is 0.293 e. The highest BCUT2D eigenvalue weighted by Crippen LogP contribution is 2.35. The molecule has 1 fully saturated rings. The third kappa shape index (κ3) is 3.34. The number of thioether (sulfide) groups is 1. The van der Waals surface area contributed by atoms with Crippen molar-refractivity contribution in [1.29, 1.82) is 0 Å². The minimum absolute atomic E-state index is 0.113. The van der Waals surface area contributed by atoms with Gasteiger partial charge < -0.3 is 0 Å². The molecule has 1 heterocycles. The Morgan fingerprint density at radius 3 is 2.58 bits per heavy atom. The first-order chi connectivity index (χ1) is 11.5. The highest BCUT2D eigenvalue weighted by atomic mass is 35.5. The van der Waals surface area contributed by atoms with Crippen molar-refractivity contribution in [2.75, 3.05) is 0 Å².